The Morgan fingerprint density at radius 1 is 1.40 bits per heavy atom. The van der Waals surface area contributed by atoms with E-state index in [0.29, 0.717) is 6.04 Å². The van der Waals surface area contributed by atoms with Crippen molar-refractivity contribution in [1.82, 2.24) is 10.6 Å². The van der Waals surface area contributed by atoms with Crippen molar-refractivity contribution in [1.29, 1.82) is 0 Å². The summed E-state index contributed by atoms with van der Waals surface area (Å²) < 4.78 is 0. The van der Waals surface area contributed by atoms with Crippen LogP contribution in [0, 0.1) is 6.92 Å². The summed E-state index contributed by atoms with van der Waals surface area (Å²) in [5.41, 5.74) is 4.15. The molecular formula is C12H17N2Si+3. The third-order valence-electron chi connectivity index (χ3n) is 2.91. The van der Waals surface area contributed by atoms with E-state index < -0.39 is 0 Å². The second kappa shape index (κ2) is 4.92. The van der Waals surface area contributed by atoms with Gasteiger partial charge in [-0.05, 0) is 0 Å². The van der Waals surface area contributed by atoms with Gasteiger partial charge in [0.2, 0.25) is 0 Å². The van der Waals surface area contributed by atoms with Gasteiger partial charge in [-0.15, -0.1) is 0 Å². The standard InChI is InChI=1S/C12H17N2Si/c1-9-2-3-10(8-15)11(6-9)12-7-13-4-5-14-12/h2-3,6,12-14H,4-5,7-8H2,1H3/q+3. The van der Waals surface area contributed by atoms with Crippen molar-refractivity contribution < 1.29 is 0 Å². The molecule has 0 bridgehead atoms. The second-order valence-electron chi connectivity index (χ2n) is 4.09. The van der Waals surface area contributed by atoms with Gasteiger partial charge in [0.25, 0.3) is 0 Å². The fourth-order valence-electron chi connectivity index (χ4n) is 2.07. The molecule has 1 unspecified atom stereocenters. The minimum absolute atomic E-state index is 0.463. The molecule has 2 N–H and O–H groups in total. The van der Waals surface area contributed by atoms with Gasteiger partial charge in [0, 0.05) is 0 Å². The Morgan fingerprint density at radius 3 is 2.93 bits per heavy atom. The minimum atomic E-state index is 0.463. The predicted molar refractivity (Wildman–Crippen MR) is 64.3 cm³/mol. The molecule has 1 saturated heterocycles. The third kappa shape index (κ3) is 2.48. The Kier molecular flexibility index (Phi) is 3.56. The molecule has 0 amide bonds. The Balaban J connectivity index is 2.27. The fraction of sp³-hybridized carbons (Fsp3) is 0.500. The van der Waals surface area contributed by atoms with Crippen molar-refractivity contribution in [2.75, 3.05) is 19.6 Å². The van der Waals surface area contributed by atoms with E-state index in [1.807, 2.05) is 0 Å². The van der Waals surface area contributed by atoms with Gasteiger partial charge in [-0.2, -0.15) is 0 Å². The number of nitrogens with one attached hydrogen (secondary N) is 2. The normalized spacial score (nSPS) is 21.7. The van der Waals surface area contributed by atoms with Crippen molar-refractivity contribution in [2.24, 2.45) is 0 Å². The first kappa shape index (κ1) is 10.9. The van der Waals surface area contributed by atoms with Gasteiger partial charge in [-0.1, -0.05) is 0 Å². The fourth-order valence-corrected chi connectivity index (χ4v) is 2.39. The van der Waals surface area contributed by atoms with Crippen LogP contribution >= 0.6 is 0 Å². The van der Waals surface area contributed by atoms with Crippen LogP contribution in [-0.2, 0) is 6.04 Å². The van der Waals surface area contributed by atoms with E-state index >= 15 is 0 Å². The SMILES string of the molecule is Cc1ccc(C[Si+3])c(C2CNCCN2)c1. The van der Waals surface area contributed by atoms with Gasteiger partial charge in [-0.3, -0.25) is 0 Å². The first-order chi connectivity index (χ1) is 7.31. The molecule has 1 aromatic rings. The average molecular weight is 217 g/mol. The predicted octanol–water partition coefficient (Wildman–Crippen LogP) is 0.897. The van der Waals surface area contributed by atoms with Crippen molar-refractivity contribution in [3.8, 4) is 0 Å². The first-order valence-electron chi connectivity index (χ1n) is 5.49. The van der Waals surface area contributed by atoms with E-state index in [4.69, 9.17) is 0 Å². The van der Waals surface area contributed by atoms with Crippen LogP contribution in [0.4, 0.5) is 0 Å². The van der Waals surface area contributed by atoms with Gasteiger partial charge < -0.3 is 0 Å². The summed E-state index contributed by atoms with van der Waals surface area (Å²) in [6, 6.07) is 8.07. The summed E-state index contributed by atoms with van der Waals surface area (Å²) in [6.45, 7) is 5.31. The van der Waals surface area contributed by atoms with E-state index in [2.05, 4.69) is 46.0 Å². The molecule has 76 valence electrons. The average Bonchev–Trinajstić information content (AvgIpc) is 2.30. The van der Waals surface area contributed by atoms with Gasteiger partial charge >= 0.3 is 94.4 Å². The van der Waals surface area contributed by atoms with E-state index in [1.54, 1.807) is 0 Å². The summed E-state index contributed by atoms with van der Waals surface area (Å²) >= 11 is 0. The van der Waals surface area contributed by atoms with Crippen molar-refractivity contribution in [3.05, 3.63) is 34.9 Å². The number of hydrogen-bond acceptors (Lipinski definition) is 2. The maximum atomic E-state index is 3.60. The molecule has 0 aliphatic carbocycles. The molecule has 3 heteroatoms. The molecule has 1 fully saturated rings. The molecule has 0 spiro atoms. The molecule has 1 aliphatic heterocycles. The second-order valence-corrected chi connectivity index (χ2v) is 4.44. The molecule has 2 nitrogen and oxygen atoms in total. The third-order valence-corrected chi connectivity index (χ3v) is 3.29. The summed E-state index contributed by atoms with van der Waals surface area (Å²) in [7, 11) is 3.60. The molecule has 0 radical (unpaired) electrons. The topological polar surface area (TPSA) is 24.1 Å². The molecule has 15 heavy (non-hydrogen) atoms. The van der Waals surface area contributed by atoms with Crippen molar-refractivity contribution in [2.45, 2.75) is 19.0 Å². The molecule has 0 saturated carbocycles. The van der Waals surface area contributed by atoms with E-state index in [0.717, 1.165) is 25.7 Å². The van der Waals surface area contributed by atoms with Crippen LogP contribution in [0.3, 0.4) is 0 Å². The van der Waals surface area contributed by atoms with E-state index in [1.165, 1.54) is 16.7 Å². The van der Waals surface area contributed by atoms with Crippen LogP contribution in [0.2, 0.25) is 0 Å². The summed E-state index contributed by atoms with van der Waals surface area (Å²) in [4.78, 5) is 0. The quantitative estimate of drug-likeness (QED) is 0.719. The Morgan fingerprint density at radius 2 is 2.27 bits per heavy atom. The molecule has 1 heterocycles. The number of hydrogen-bond donors (Lipinski definition) is 2. The number of rotatable bonds is 2. The zero-order chi connectivity index (χ0) is 10.7. The van der Waals surface area contributed by atoms with Gasteiger partial charge in [0.05, 0.1) is 0 Å². The van der Waals surface area contributed by atoms with Crippen LogP contribution in [0.25, 0.3) is 0 Å². The zero-order valence-electron chi connectivity index (χ0n) is 9.14. The zero-order valence-corrected chi connectivity index (χ0v) is 10.1. The van der Waals surface area contributed by atoms with Crippen LogP contribution in [0.5, 0.6) is 0 Å². The van der Waals surface area contributed by atoms with Crippen LogP contribution in [0.1, 0.15) is 22.7 Å². The van der Waals surface area contributed by atoms with Gasteiger partial charge in [0.1, 0.15) is 0 Å². The summed E-state index contributed by atoms with van der Waals surface area (Å²) in [5.74, 6) is 0. The molecule has 1 aliphatic rings. The Hall–Kier alpha value is -0.643. The van der Waals surface area contributed by atoms with E-state index in [9.17, 15) is 0 Å². The molecule has 1 aromatic carbocycles. The van der Waals surface area contributed by atoms with Crippen LogP contribution in [0.15, 0.2) is 18.2 Å². The Labute approximate surface area is 94.9 Å². The summed E-state index contributed by atoms with van der Waals surface area (Å²) in [6.07, 6.45) is 0. The van der Waals surface area contributed by atoms with Gasteiger partial charge in [0.15, 0.2) is 0 Å². The molecule has 1 atom stereocenters. The van der Waals surface area contributed by atoms with Crippen molar-refractivity contribution >= 4 is 10.2 Å². The molecule has 0 aromatic heterocycles. The monoisotopic (exact) mass is 217 g/mol. The van der Waals surface area contributed by atoms with Crippen LogP contribution < -0.4 is 10.6 Å². The maximum absolute atomic E-state index is 3.60. The Bertz CT molecular complexity index is 332. The number of aryl methyl sites for hydroxylation is 1. The molecule has 2 rings (SSSR count). The first-order valence-corrected chi connectivity index (χ1v) is 6.20. The van der Waals surface area contributed by atoms with Gasteiger partial charge in [-0.25, -0.2) is 0 Å². The number of piperazine rings is 1. The number of benzene rings is 1. The van der Waals surface area contributed by atoms with Crippen molar-refractivity contribution in [3.63, 3.8) is 0 Å². The molecular weight excluding hydrogens is 200 g/mol. The van der Waals surface area contributed by atoms with Crippen LogP contribution in [-0.4, -0.2) is 29.9 Å². The summed E-state index contributed by atoms with van der Waals surface area (Å²) in [5, 5.41) is 6.98. The van der Waals surface area contributed by atoms with E-state index in [-0.39, 0.29) is 0 Å².